The van der Waals surface area contributed by atoms with Crippen LogP contribution in [-0.4, -0.2) is 52.9 Å². The van der Waals surface area contributed by atoms with Crippen LogP contribution in [-0.2, 0) is 14.3 Å². The van der Waals surface area contributed by atoms with Crippen LogP contribution < -0.4 is 0 Å². The average molecular weight is 508 g/mol. The van der Waals surface area contributed by atoms with Gasteiger partial charge in [-0.3, -0.25) is 4.79 Å². The van der Waals surface area contributed by atoms with Crippen LogP contribution in [0.4, 0.5) is 0 Å². The molecule has 2 N–H and O–H groups in total. The molecule has 1 aliphatic heterocycles. The molecule has 5 atom stereocenters. The fourth-order valence-electron chi connectivity index (χ4n) is 5.11. The van der Waals surface area contributed by atoms with E-state index < -0.39 is 36.2 Å². The molecular formula is C26H31Cl2NO5. The lowest BCUT2D eigenvalue weighted by Gasteiger charge is -2.51. The van der Waals surface area contributed by atoms with Crippen molar-refractivity contribution in [1.29, 1.82) is 0 Å². The number of esters is 1. The summed E-state index contributed by atoms with van der Waals surface area (Å²) in [7, 11) is 1.31. The zero-order valence-corrected chi connectivity index (χ0v) is 21.1. The molecule has 4 unspecified atom stereocenters. The molecule has 3 rings (SSSR count). The quantitative estimate of drug-likeness (QED) is 0.503. The van der Waals surface area contributed by atoms with Crippen LogP contribution in [0.1, 0.15) is 56.2 Å². The van der Waals surface area contributed by atoms with Crippen LogP contribution in [0, 0.1) is 5.41 Å². The Kier molecular flexibility index (Phi) is 8.63. The Morgan fingerprint density at radius 1 is 1.18 bits per heavy atom. The minimum absolute atomic E-state index is 0.0564. The molecular weight excluding hydrogens is 477 g/mol. The number of hydrogen-bond acceptors (Lipinski definition) is 5. The summed E-state index contributed by atoms with van der Waals surface area (Å²) in [6.07, 6.45) is -0.268. The highest BCUT2D eigenvalue weighted by Gasteiger charge is 2.53. The Labute approximate surface area is 210 Å². The average Bonchev–Trinajstić information content (AvgIpc) is 2.82. The SMILES string of the molecule is CCC(C(=O)OC)N1C(=O)[C@@](C)(CC(O)CO)CC(c2cccc(Cl)c2)C1c1ccc(Cl)cc1. The van der Waals surface area contributed by atoms with Crippen LogP contribution in [0.25, 0.3) is 0 Å². The Morgan fingerprint density at radius 2 is 1.85 bits per heavy atom. The first-order valence-corrected chi connectivity index (χ1v) is 12.1. The van der Waals surface area contributed by atoms with Crippen molar-refractivity contribution in [2.45, 2.75) is 57.2 Å². The lowest BCUT2D eigenvalue weighted by Crippen LogP contribution is -2.58. The maximum absolute atomic E-state index is 14.1. The molecule has 0 spiro atoms. The van der Waals surface area contributed by atoms with Gasteiger partial charge >= 0.3 is 5.97 Å². The number of amides is 1. The van der Waals surface area contributed by atoms with Gasteiger partial charge in [0.05, 0.1) is 25.9 Å². The van der Waals surface area contributed by atoms with E-state index >= 15 is 0 Å². The van der Waals surface area contributed by atoms with Crippen molar-refractivity contribution in [3.8, 4) is 0 Å². The van der Waals surface area contributed by atoms with Gasteiger partial charge in [-0.25, -0.2) is 4.79 Å². The zero-order chi connectivity index (χ0) is 25.0. The molecule has 1 fully saturated rings. The number of carbonyl (C=O) groups is 2. The van der Waals surface area contributed by atoms with Crippen molar-refractivity contribution in [2.75, 3.05) is 13.7 Å². The molecule has 0 saturated carbocycles. The molecule has 2 aromatic rings. The predicted molar refractivity (Wildman–Crippen MR) is 132 cm³/mol. The first-order valence-electron chi connectivity index (χ1n) is 11.4. The number of benzene rings is 2. The molecule has 0 aliphatic carbocycles. The van der Waals surface area contributed by atoms with Gasteiger partial charge < -0.3 is 19.8 Å². The summed E-state index contributed by atoms with van der Waals surface area (Å²) >= 11 is 12.5. The van der Waals surface area contributed by atoms with E-state index in [1.165, 1.54) is 7.11 Å². The van der Waals surface area contributed by atoms with Crippen molar-refractivity contribution < 1.29 is 24.5 Å². The Hall–Kier alpha value is -2.12. The van der Waals surface area contributed by atoms with Gasteiger partial charge in [-0.15, -0.1) is 0 Å². The fourth-order valence-corrected chi connectivity index (χ4v) is 5.43. The summed E-state index contributed by atoms with van der Waals surface area (Å²) in [5, 5.41) is 20.9. The Morgan fingerprint density at radius 3 is 2.41 bits per heavy atom. The number of nitrogens with zero attached hydrogens (tertiary/aromatic N) is 1. The molecule has 1 amide bonds. The number of methoxy groups -OCH3 is 1. The van der Waals surface area contributed by atoms with Crippen LogP contribution in [0.2, 0.25) is 10.0 Å². The van der Waals surface area contributed by atoms with Gasteiger partial charge in [-0.1, -0.05) is 61.3 Å². The maximum atomic E-state index is 14.1. The third-order valence-corrected chi connectivity index (χ3v) is 7.17. The monoisotopic (exact) mass is 507 g/mol. The number of hydrogen-bond donors (Lipinski definition) is 2. The van der Waals surface area contributed by atoms with Crippen molar-refractivity contribution >= 4 is 35.1 Å². The van der Waals surface area contributed by atoms with E-state index in [1.54, 1.807) is 30.0 Å². The number of aliphatic hydroxyl groups is 2. The van der Waals surface area contributed by atoms with E-state index in [0.29, 0.717) is 22.9 Å². The number of piperidine rings is 1. The van der Waals surface area contributed by atoms with Crippen LogP contribution in [0.3, 0.4) is 0 Å². The minimum Gasteiger partial charge on any atom is -0.467 e. The second-order valence-electron chi connectivity index (χ2n) is 9.12. The zero-order valence-electron chi connectivity index (χ0n) is 19.6. The number of carbonyl (C=O) groups excluding carboxylic acids is 2. The van der Waals surface area contributed by atoms with Gasteiger partial charge in [0.15, 0.2) is 0 Å². The number of ether oxygens (including phenoxy) is 1. The van der Waals surface area contributed by atoms with E-state index in [1.807, 2.05) is 37.3 Å². The summed E-state index contributed by atoms with van der Waals surface area (Å²) in [5.74, 6) is -1.02. The topological polar surface area (TPSA) is 87.1 Å². The van der Waals surface area contributed by atoms with Crippen LogP contribution in [0.15, 0.2) is 48.5 Å². The summed E-state index contributed by atoms with van der Waals surface area (Å²) in [6.45, 7) is 3.15. The molecule has 0 aromatic heterocycles. The summed E-state index contributed by atoms with van der Waals surface area (Å²) in [6, 6.07) is 13.4. The maximum Gasteiger partial charge on any atom is 0.328 e. The van der Waals surface area contributed by atoms with E-state index in [2.05, 4.69) is 0 Å². The van der Waals surface area contributed by atoms with Gasteiger partial charge in [0.2, 0.25) is 5.91 Å². The lowest BCUT2D eigenvalue weighted by molar-refractivity contribution is -0.167. The standard InChI is InChI=1S/C26H31Cl2NO5/c1-4-22(24(32)34-3)29-23(16-8-10-18(27)11-9-16)21(17-6-5-7-19(28)12-17)14-26(2,25(29)33)13-20(31)15-30/h5-12,20-23,30-31H,4,13-15H2,1-3H3/t20?,21?,22?,23?,26-/m0/s1. The molecule has 0 radical (unpaired) electrons. The highest BCUT2D eigenvalue weighted by Crippen LogP contribution is 2.52. The smallest absolute Gasteiger partial charge is 0.328 e. The molecule has 6 nitrogen and oxygen atoms in total. The number of halogens is 2. The molecule has 0 bridgehead atoms. The second-order valence-corrected chi connectivity index (χ2v) is 10.00. The molecule has 1 heterocycles. The van der Waals surface area contributed by atoms with Crippen LogP contribution >= 0.6 is 23.2 Å². The van der Waals surface area contributed by atoms with Gasteiger partial charge in [-0.2, -0.15) is 0 Å². The normalized spacial score (nSPS) is 24.6. The van der Waals surface area contributed by atoms with E-state index in [0.717, 1.165) is 11.1 Å². The summed E-state index contributed by atoms with van der Waals surface area (Å²) < 4.78 is 5.07. The first-order chi connectivity index (χ1) is 16.1. The van der Waals surface area contributed by atoms with Crippen molar-refractivity contribution in [2.24, 2.45) is 5.41 Å². The van der Waals surface area contributed by atoms with E-state index in [4.69, 9.17) is 27.9 Å². The lowest BCUT2D eigenvalue weighted by atomic mass is 9.66. The first kappa shape index (κ1) is 26.5. The molecule has 184 valence electrons. The molecule has 34 heavy (non-hydrogen) atoms. The highest BCUT2D eigenvalue weighted by atomic mass is 35.5. The molecule has 1 saturated heterocycles. The van der Waals surface area contributed by atoms with Gasteiger partial charge in [-0.05, 0) is 54.7 Å². The fraction of sp³-hybridized carbons (Fsp3) is 0.462. The molecule has 2 aromatic carbocycles. The third kappa shape index (κ3) is 5.41. The van der Waals surface area contributed by atoms with Gasteiger partial charge in [0.1, 0.15) is 6.04 Å². The van der Waals surface area contributed by atoms with Crippen molar-refractivity contribution in [1.82, 2.24) is 4.90 Å². The number of aliphatic hydroxyl groups excluding tert-OH is 2. The predicted octanol–water partition coefficient (Wildman–Crippen LogP) is 4.75. The van der Waals surface area contributed by atoms with E-state index in [9.17, 15) is 19.8 Å². The third-order valence-electron chi connectivity index (χ3n) is 6.68. The summed E-state index contributed by atoms with van der Waals surface area (Å²) in [4.78, 5) is 28.6. The second kappa shape index (κ2) is 11.1. The molecule has 8 heteroatoms. The number of likely N-dealkylation sites (tertiary alicyclic amines) is 1. The molecule has 1 aliphatic rings. The Balaban J connectivity index is 2.25. The van der Waals surface area contributed by atoms with Crippen molar-refractivity contribution in [3.05, 3.63) is 69.7 Å². The largest absolute Gasteiger partial charge is 0.467 e. The minimum atomic E-state index is -1.07. The highest BCUT2D eigenvalue weighted by molar-refractivity contribution is 6.30. The van der Waals surface area contributed by atoms with Gasteiger partial charge in [0, 0.05) is 21.4 Å². The number of rotatable bonds is 8. The van der Waals surface area contributed by atoms with E-state index in [-0.39, 0.29) is 18.2 Å². The summed E-state index contributed by atoms with van der Waals surface area (Å²) in [5.41, 5.74) is 0.712. The van der Waals surface area contributed by atoms with Crippen molar-refractivity contribution in [3.63, 3.8) is 0 Å². The Bertz CT molecular complexity index is 1010. The van der Waals surface area contributed by atoms with Crippen LogP contribution in [0.5, 0.6) is 0 Å². The van der Waals surface area contributed by atoms with Gasteiger partial charge in [0.25, 0.3) is 0 Å².